The lowest BCUT2D eigenvalue weighted by Gasteiger charge is -2.15. The molecule has 0 aliphatic carbocycles. The first kappa shape index (κ1) is 27.5. The van der Waals surface area contributed by atoms with Crippen LogP contribution in [0.25, 0.3) is 11.1 Å². The predicted molar refractivity (Wildman–Crippen MR) is 148 cm³/mol. The minimum atomic E-state index is -0.537. The Kier molecular flexibility index (Phi) is 8.93. The number of nitrogens with one attached hydrogen (secondary N) is 1. The Morgan fingerprint density at radius 2 is 1.87 bits per heavy atom. The molecule has 2 heterocycles. The lowest BCUT2D eigenvalue weighted by molar-refractivity contribution is -0.113. The van der Waals surface area contributed by atoms with Gasteiger partial charge in [-0.2, -0.15) is 0 Å². The van der Waals surface area contributed by atoms with Crippen LogP contribution < -0.4 is 14.8 Å². The van der Waals surface area contributed by atoms with Crippen molar-refractivity contribution < 1.29 is 23.8 Å². The largest absolute Gasteiger partial charge is 0.497 e. The minimum absolute atomic E-state index is 0.0576. The molecule has 0 aliphatic heterocycles. The number of benzene rings is 2. The van der Waals surface area contributed by atoms with E-state index in [1.807, 2.05) is 36.6 Å². The van der Waals surface area contributed by atoms with Crippen molar-refractivity contribution in [1.29, 1.82) is 0 Å². The number of nitrogens with zero attached hydrogens (tertiary/aromatic N) is 3. The fourth-order valence-corrected chi connectivity index (χ4v) is 5.49. The number of carbonyl (C=O) groups is 2. The predicted octanol–water partition coefficient (Wildman–Crippen LogP) is 5.86. The number of halogens is 1. The normalized spacial score (nSPS) is 11.6. The number of hydrogen-bond acceptors (Lipinski definition) is 9. The van der Waals surface area contributed by atoms with Gasteiger partial charge in [0.25, 0.3) is 0 Å². The van der Waals surface area contributed by atoms with Crippen molar-refractivity contribution in [1.82, 2.24) is 14.8 Å². The van der Waals surface area contributed by atoms with Crippen LogP contribution in [-0.2, 0) is 16.6 Å². The van der Waals surface area contributed by atoms with Crippen molar-refractivity contribution in [3.05, 3.63) is 70.3 Å². The Labute approximate surface area is 233 Å². The van der Waals surface area contributed by atoms with Crippen molar-refractivity contribution in [2.45, 2.75) is 18.2 Å². The van der Waals surface area contributed by atoms with Gasteiger partial charge in [-0.25, -0.2) is 4.79 Å². The molecule has 0 radical (unpaired) electrons. The van der Waals surface area contributed by atoms with E-state index in [0.29, 0.717) is 43.6 Å². The molecule has 2 aromatic heterocycles. The van der Waals surface area contributed by atoms with E-state index in [4.69, 9.17) is 25.8 Å². The van der Waals surface area contributed by atoms with Gasteiger partial charge in [-0.3, -0.25) is 4.79 Å². The van der Waals surface area contributed by atoms with Gasteiger partial charge in [0, 0.05) is 18.0 Å². The highest BCUT2D eigenvalue weighted by Crippen LogP contribution is 2.37. The summed E-state index contributed by atoms with van der Waals surface area (Å²) in [5, 5.41) is 14.5. The van der Waals surface area contributed by atoms with E-state index in [0.717, 1.165) is 5.56 Å². The molecule has 2 aromatic carbocycles. The van der Waals surface area contributed by atoms with Gasteiger partial charge in [0.15, 0.2) is 17.1 Å². The first-order chi connectivity index (χ1) is 18.3. The molecule has 4 rings (SSSR count). The molecule has 1 unspecified atom stereocenters. The van der Waals surface area contributed by atoms with Crippen molar-refractivity contribution in [3.63, 3.8) is 0 Å². The maximum Gasteiger partial charge on any atom is 0.341 e. The molecule has 0 bridgehead atoms. The molecule has 4 aromatic rings. The SMILES string of the molecule is COC(=O)c1c(-c2ccc(OC)cc2)csc1NC(=O)CSc1nnc(C(C)Oc2ccccc2Cl)n1C. The van der Waals surface area contributed by atoms with E-state index < -0.39 is 12.1 Å². The molecule has 198 valence electrons. The Hall–Kier alpha value is -3.54. The summed E-state index contributed by atoms with van der Waals surface area (Å²) in [6.45, 7) is 1.85. The topological polar surface area (TPSA) is 105 Å². The Morgan fingerprint density at radius 3 is 2.55 bits per heavy atom. The summed E-state index contributed by atoms with van der Waals surface area (Å²) in [6, 6.07) is 14.5. The van der Waals surface area contributed by atoms with E-state index in [1.54, 1.807) is 43.0 Å². The maximum absolute atomic E-state index is 12.8. The van der Waals surface area contributed by atoms with Crippen molar-refractivity contribution in [2.75, 3.05) is 25.3 Å². The number of thiophene rings is 1. The van der Waals surface area contributed by atoms with Gasteiger partial charge in [-0.15, -0.1) is 21.5 Å². The third-order valence-corrected chi connectivity index (χ3v) is 7.77. The number of anilines is 1. The quantitative estimate of drug-likeness (QED) is 0.186. The Balaban J connectivity index is 1.43. The molecule has 0 spiro atoms. The smallest absolute Gasteiger partial charge is 0.341 e. The second-order valence-electron chi connectivity index (χ2n) is 8.00. The molecule has 0 fully saturated rings. The van der Waals surface area contributed by atoms with Crippen LogP contribution in [0.4, 0.5) is 5.00 Å². The molecular formula is C26H25ClN4O5S2. The van der Waals surface area contributed by atoms with E-state index in [1.165, 1.54) is 30.2 Å². The highest BCUT2D eigenvalue weighted by molar-refractivity contribution is 7.99. The molecule has 12 heteroatoms. The third kappa shape index (κ3) is 6.12. The highest BCUT2D eigenvalue weighted by Gasteiger charge is 2.23. The standard InChI is InChI=1S/C26H25ClN4O5S2/c1-15(36-20-8-6-5-7-19(20)27)23-29-30-26(31(23)2)38-14-21(32)28-24-22(25(33)35-4)18(13-37-24)16-9-11-17(34-3)12-10-16/h5-13,15H,14H2,1-4H3,(H,28,32). The summed E-state index contributed by atoms with van der Waals surface area (Å²) in [4.78, 5) is 25.4. The molecule has 1 N–H and O–H groups in total. The third-order valence-electron chi connectivity index (χ3n) is 5.54. The van der Waals surface area contributed by atoms with Crippen LogP contribution in [0.15, 0.2) is 59.1 Å². The number of amides is 1. The number of aromatic nitrogens is 3. The molecular weight excluding hydrogens is 548 g/mol. The van der Waals surface area contributed by atoms with Gasteiger partial charge in [0.05, 0.1) is 25.0 Å². The number of carbonyl (C=O) groups excluding carboxylic acids is 2. The average Bonchev–Trinajstić information content (AvgIpc) is 3.51. The number of ether oxygens (including phenoxy) is 3. The van der Waals surface area contributed by atoms with Gasteiger partial charge in [0.1, 0.15) is 22.1 Å². The zero-order valence-corrected chi connectivity index (χ0v) is 23.4. The summed E-state index contributed by atoms with van der Waals surface area (Å²) in [5.41, 5.74) is 1.77. The number of rotatable bonds is 10. The molecule has 38 heavy (non-hydrogen) atoms. The Bertz CT molecular complexity index is 1440. The molecule has 1 atom stereocenters. The lowest BCUT2D eigenvalue weighted by atomic mass is 10.0. The van der Waals surface area contributed by atoms with Crippen LogP contribution in [0.1, 0.15) is 29.2 Å². The van der Waals surface area contributed by atoms with E-state index in [-0.39, 0.29) is 11.7 Å². The average molecular weight is 573 g/mol. The first-order valence-corrected chi connectivity index (χ1v) is 13.6. The van der Waals surface area contributed by atoms with Gasteiger partial charge in [-0.05, 0) is 36.8 Å². The molecule has 0 saturated carbocycles. The van der Waals surface area contributed by atoms with Crippen LogP contribution >= 0.6 is 34.7 Å². The number of para-hydroxylation sites is 1. The van der Waals surface area contributed by atoms with Gasteiger partial charge < -0.3 is 24.1 Å². The molecule has 9 nitrogen and oxygen atoms in total. The number of hydrogen-bond donors (Lipinski definition) is 1. The van der Waals surface area contributed by atoms with Crippen molar-refractivity contribution in [3.8, 4) is 22.6 Å². The van der Waals surface area contributed by atoms with Crippen LogP contribution in [0.3, 0.4) is 0 Å². The zero-order chi connectivity index (χ0) is 27.2. The van der Waals surface area contributed by atoms with Crippen LogP contribution in [0.2, 0.25) is 5.02 Å². The molecule has 0 saturated heterocycles. The van der Waals surface area contributed by atoms with Crippen LogP contribution in [-0.4, -0.2) is 46.6 Å². The van der Waals surface area contributed by atoms with Gasteiger partial charge in [-0.1, -0.05) is 47.6 Å². The van der Waals surface area contributed by atoms with E-state index in [2.05, 4.69) is 15.5 Å². The fraction of sp³-hybridized carbons (Fsp3) is 0.231. The summed E-state index contributed by atoms with van der Waals surface area (Å²) in [6.07, 6.45) is -0.416. The number of thioether (sulfide) groups is 1. The second kappa shape index (κ2) is 12.3. The summed E-state index contributed by atoms with van der Waals surface area (Å²) < 4.78 is 17.9. The second-order valence-corrected chi connectivity index (χ2v) is 10.2. The number of methoxy groups -OCH3 is 2. The van der Waals surface area contributed by atoms with E-state index >= 15 is 0 Å². The van der Waals surface area contributed by atoms with Crippen molar-refractivity contribution >= 4 is 51.6 Å². The molecule has 0 aliphatic rings. The zero-order valence-electron chi connectivity index (χ0n) is 21.1. The first-order valence-electron chi connectivity index (χ1n) is 11.4. The van der Waals surface area contributed by atoms with Crippen LogP contribution in [0.5, 0.6) is 11.5 Å². The van der Waals surface area contributed by atoms with Gasteiger partial charge in [0.2, 0.25) is 5.91 Å². The maximum atomic E-state index is 12.8. The highest BCUT2D eigenvalue weighted by atomic mass is 35.5. The van der Waals surface area contributed by atoms with Crippen molar-refractivity contribution in [2.24, 2.45) is 7.05 Å². The Morgan fingerprint density at radius 1 is 1.13 bits per heavy atom. The van der Waals surface area contributed by atoms with Crippen LogP contribution in [0, 0.1) is 0 Å². The van der Waals surface area contributed by atoms with E-state index in [9.17, 15) is 9.59 Å². The summed E-state index contributed by atoms with van der Waals surface area (Å²) in [7, 11) is 4.70. The summed E-state index contributed by atoms with van der Waals surface area (Å²) in [5.74, 6) is 1.06. The number of esters is 1. The molecule has 1 amide bonds. The summed E-state index contributed by atoms with van der Waals surface area (Å²) >= 11 is 8.66. The minimum Gasteiger partial charge on any atom is -0.497 e. The monoisotopic (exact) mass is 572 g/mol. The fourth-order valence-electron chi connectivity index (χ4n) is 3.62. The lowest BCUT2D eigenvalue weighted by Crippen LogP contribution is -2.16. The van der Waals surface area contributed by atoms with Gasteiger partial charge >= 0.3 is 5.97 Å².